The van der Waals surface area contributed by atoms with E-state index in [9.17, 15) is 9.59 Å². The Kier molecular flexibility index (Phi) is 6.19. The molecule has 0 aliphatic carbocycles. The number of nitrogens with one attached hydrogen (secondary N) is 1. The van der Waals surface area contributed by atoms with Gasteiger partial charge < -0.3 is 19.9 Å². The van der Waals surface area contributed by atoms with E-state index in [1.165, 1.54) is 0 Å². The van der Waals surface area contributed by atoms with Gasteiger partial charge in [-0.15, -0.1) is 0 Å². The van der Waals surface area contributed by atoms with Gasteiger partial charge in [0.25, 0.3) is 0 Å². The minimum Gasteiger partial charge on any atom is -0.497 e. The zero-order valence-electron chi connectivity index (χ0n) is 15.3. The normalized spacial score (nSPS) is 14.0. The van der Waals surface area contributed by atoms with E-state index in [0.717, 1.165) is 11.3 Å². The molecular formula is C19H23N5O3. The van der Waals surface area contributed by atoms with Crippen molar-refractivity contribution in [3.05, 3.63) is 48.3 Å². The summed E-state index contributed by atoms with van der Waals surface area (Å²) in [7, 11) is 1.61. The Morgan fingerprint density at radius 1 is 1.11 bits per heavy atom. The number of benzene rings is 1. The third-order valence-corrected chi connectivity index (χ3v) is 4.43. The number of carbonyl (C=O) groups is 2. The van der Waals surface area contributed by atoms with Gasteiger partial charge in [-0.25, -0.2) is 9.97 Å². The van der Waals surface area contributed by atoms with Crippen molar-refractivity contribution in [2.45, 2.75) is 6.42 Å². The molecule has 0 radical (unpaired) electrons. The van der Waals surface area contributed by atoms with E-state index in [1.807, 2.05) is 29.2 Å². The highest BCUT2D eigenvalue weighted by Crippen LogP contribution is 2.13. The van der Waals surface area contributed by atoms with Gasteiger partial charge >= 0.3 is 11.8 Å². The maximum atomic E-state index is 12.3. The van der Waals surface area contributed by atoms with Gasteiger partial charge in [-0.3, -0.25) is 9.59 Å². The first-order valence-corrected chi connectivity index (χ1v) is 8.89. The molecule has 2 heterocycles. The van der Waals surface area contributed by atoms with Gasteiger partial charge in [0.1, 0.15) is 5.75 Å². The van der Waals surface area contributed by atoms with Crippen LogP contribution in [0.1, 0.15) is 5.56 Å². The number of rotatable bonds is 5. The summed E-state index contributed by atoms with van der Waals surface area (Å²) in [4.78, 5) is 36.5. The monoisotopic (exact) mass is 369 g/mol. The molecule has 1 saturated heterocycles. The molecule has 1 fully saturated rings. The molecule has 142 valence electrons. The molecule has 0 atom stereocenters. The zero-order valence-corrected chi connectivity index (χ0v) is 15.3. The zero-order chi connectivity index (χ0) is 19.1. The highest BCUT2D eigenvalue weighted by Gasteiger charge is 2.26. The summed E-state index contributed by atoms with van der Waals surface area (Å²) in [5, 5.41) is 2.70. The lowest BCUT2D eigenvalue weighted by Gasteiger charge is -2.34. The summed E-state index contributed by atoms with van der Waals surface area (Å²) in [6, 6.07) is 9.40. The Morgan fingerprint density at radius 3 is 2.56 bits per heavy atom. The molecule has 1 aromatic heterocycles. The highest BCUT2D eigenvalue weighted by molar-refractivity contribution is 6.35. The average Bonchev–Trinajstić information content (AvgIpc) is 2.74. The molecule has 0 bridgehead atoms. The third-order valence-electron chi connectivity index (χ3n) is 4.43. The summed E-state index contributed by atoms with van der Waals surface area (Å²) < 4.78 is 5.18. The smallest absolute Gasteiger partial charge is 0.312 e. The topological polar surface area (TPSA) is 87.7 Å². The molecule has 1 aromatic carbocycles. The van der Waals surface area contributed by atoms with Crippen LogP contribution in [-0.4, -0.2) is 66.5 Å². The largest absolute Gasteiger partial charge is 0.497 e. The number of aromatic nitrogens is 2. The molecule has 2 aromatic rings. The maximum absolute atomic E-state index is 12.3. The first-order valence-electron chi connectivity index (χ1n) is 8.89. The molecule has 0 saturated carbocycles. The Morgan fingerprint density at radius 2 is 1.85 bits per heavy atom. The van der Waals surface area contributed by atoms with Crippen LogP contribution < -0.4 is 15.0 Å². The lowest BCUT2D eigenvalue weighted by molar-refractivity contribution is -0.146. The Bertz CT molecular complexity index is 776. The highest BCUT2D eigenvalue weighted by atomic mass is 16.5. The molecule has 3 rings (SSSR count). The van der Waals surface area contributed by atoms with Crippen LogP contribution >= 0.6 is 0 Å². The Hall–Kier alpha value is -3.16. The lowest BCUT2D eigenvalue weighted by atomic mass is 10.1. The molecule has 8 nitrogen and oxygen atoms in total. The van der Waals surface area contributed by atoms with Gasteiger partial charge in [-0.1, -0.05) is 12.1 Å². The summed E-state index contributed by atoms with van der Waals surface area (Å²) in [5.74, 6) is 0.360. The molecule has 8 heteroatoms. The van der Waals surface area contributed by atoms with Gasteiger partial charge in [0.2, 0.25) is 5.95 Å². The number of hydrogen-bond donors (Lipinski definition) is 1. The fraction of sp³-hybridized carbons (Fsp3) is 0.368. The van der Waals surface area contributed by atoms with E-state index in [-0.39, 0.29) is 0 Å². The fourth-order valence-corrected chi connectivity index (χ4v) is 2.93. The summed E-state index contributed by atoms with van der Waals surface area (Å²) in [6.45, 7) is 2.55. The quantitative estimate of drug-likeness (QED) is 0.772. The van der Waals surface area contributed by atoms with Crippen molar-refractivity contribution in [3.8, 4) is 5.75 Å². The van der Waals surface area contributed by atoms with Crippen LogP contribution in [0.25, 0.3) is 0 Å². The number of hydrogen-bond acceptors (Lipinski definition) is 6. The van der Waals surface area contributed by atoms with Gasteiger partial charge in [0, 0.05) is 45.1 Å². The summed E-state index contributed by atoms with van der Waals surface area (Å²) in [5.41, 5.74) is 1.04. The van der Waals surface area contributed by atoms with Crippen LogP contribution in [0.15, 0.2) is 42.7 Å². The molecule has 2 amide bonds. The van der Waals surface area contributed by atoms with Crippen molar-refractivity contribution in [1.29, 1.82) is 0 Å². The standard InChI is InChI=1S/C19H23N5O3/c1-27-16-5-2-4-15(14-16)6-9-20-17(25)18(26)23-10-12-24(13-11-23)19-21-7-3-8-22-19/h2-5,7-8,14H,6,9-13H2,1H3,(H,20,25). The van der Waals surface area contributed by atoms with Crippen molar-refractivity contribution >= 4 is 17.8 Å². The molecule has 27 heavy (non-hydrogen) atoms. The van der Waals surface area contributed by atoms with E-state index < -0.39 is 11.8 Å². The molecule has 1 aliphatic rings. The SMILES string of the molecule is COc1cccc(CCNC(=O)C(=O)N2CCN(c3ncccn3)CC2)c1. The molecule has 1 N–H and O–H groups in total. The van der Waals surface area contributed by atoms with Crippen LogP contribution in [0.2, 0.25) is 0 Å². The summed E-state index contributed by atoms with van der Waals surface area (Å²) in [6.07, 6.45) is 4.01. The minimum absolute atomic E-state index is 0.398. The first-order chi connectivity index (χ1) is 13.2. The first kappa shape index (κ1) is 18.6. The predicted octanol–water partition coefficient (Wildman–Crippen LogP) is 0.493. The second kappa shape index (κ2) is 8.98. The van der Waals surface area contributed by atoms with Crippen LogP contribution in [0.4, 0.5) is 5.95 Å². The number of anilines is 1. The van der Waals surface area contributed by atoms with Crippen molar-refractivity contribution in [1.82, 2.24) is 20.2 Å². The Labute approximate surface area is 158 Å². The van der Waals surface area contributed by atoms with Crippen LogP contribution in [0.3, 0.4) is 0 Å². The molecular weight excluding hydrogens is 346 g/mol. The van der Waals surface area contributed by atoms with Crippen LogP contribution in [-0.2, 0) is 16.0 Å². The number of amides is 2. The van der Waals surface area contributed by atoms with E-state index >= 15 is 0 Å². The number of piperazine rings is 1. The van der Waals surface area contributed by atoms with Gasteiger partial charge in [0.15, 0.2) is 0 Å². The van der Waals surface area contributed by atoms with E-state index in [2.05, 4.69) is 15.3 Å². The van der Waals surface area contributed by atoms with Gasteiger partial charge in [-0.2, -0.15) is 0 Å². The van der Waals surface area contributed by atoms with Gasteiger partial charge in [-0.05, 0) is 30.2 Å². The number of nitrogens with zero attached hydrogens (tertiary/aromatic N) is 4. The van der Waals surface area contributed by atoms with Crippen LogP contribution in [0, 0.1) is 0 Å². The number of ether oxygens (including phenoxy) is 1. The molecule has 0 unspecified atom stereocenters. The van der Waals surface area contributed by atoms with Gasteiger partial charge in [0.05, 0.1) is 7.11 Å². The van der Waals surface area contributed by atoms with E-state index in [1.54, 1.807) is 30.5 Å². The summed E-state index contributed by atoms with van der Waals surface area (Å²) >= 11 is 0. The number of methoxy groups -OCH3 is 1. The van der Waals surface area contributed by atoms with Crippen molar-refractivity contribution in [2.75, 3.05) is 44.7 Å². The van der Waals surface area contributed by atoms with Crippen molar-refractivity contribution < 1.29 is 14.3 Å². The lowest BCUT2D eigenvalue weighted by Crippen LogP contribution is -2.53. The van der Waals surface area contributed by atoms with E-state index in [4.69, 9.17) is 4.74 Å². The maximum Gasteiger partial charge on any atom is 0.312 e. The van der Waals surface area contributed by atoms with E-state index in [0.29, 0.717) is 45.1 Å². The number of carbonyl (C=O) groups excluding carboxylic acids is 2. The third kappa shape index (κ3) is 4.93. The minimum atomic E-state index is -0.567. The average molecular weight is 369 g/mol. The second-order valence-corrected chi connectivity index (χ2v) is 6.19. The Balaban J connectivity index is 1.43. The molecule has 1 aliphatic heterocycles. The second-order valence-electron chi connectivity index (χ2n) is 6.19. The predicted molar refractivity (Wildman–Crippen MR) is 101 cm³/mol. The van der Waals surface area contributed by atoms with Crippen molar-refractivity contribution in [2.24, 2.45) is 0 Å². The molecule has 0 spiro atoms. The fourth-order valence-electron chi connectivity index (χ4n) is 2.93. The van der Waals surface area contributed by atoms with Crippen LogP contribution in [0.5, 0.6) is 5.75 Å². The van der Waals surface area contributed by atoms with Crippen molar-refractivity contribution in [3.63, 3.8) is 0 Å².